The van der Waals surface area contributed by atoms with Crippen molar-refractivity contribution in [3.63, 3.8) is 0 Å². The Bertz CT molecular complexity index is 319. The second kappa shape index (κ2) is 8.05. The van der Waals surface area contributed by atoms with Crippen LogP contribution in [-0.2, 0) is 0 Å². The van der Waals surface area contributed by atoms with Crippen LogP contribution >= 0.6 is 0 Å². The molecule has 0 spiro atoms. The minimum atomic E-state index is 0. The van der Waals surface area contributed by atoms with Crippen molar-refractivity contribution in [1.82, 2.24) is 0 Å². The summed E-state index contributed by atoms with van der Waals surface area (Å²) in [5.74, 6) is 0. The lowest BCUT2D eigenvalue weighted by molar-refractivity contribution is 1.41. The molecule has 0 N–H and O–H groups in total. The average Bonchev–Trinajstić information content (AvgIpc) is 2.20. The van der Waals surface area contributed by atoms with E-state index < -0.39 is 0 Å². The van der Waals surface area contributed by atoms with E-state index in [2.05, 4.69) is 32.2 Å². The van der Waals surface area contributed by atoms with E-state index >= 15 is 0 Å². The van der Waals surface area contributed by atoms with Gasteiger partial charge in [0, 0.05) is 0 Å². The normalized spacial score (nSPS) is 8.00. The summed E-state index contributed by atoms with van der Waals surface area (Å²) in [6, 6.07) is 8.22. The molecule has 0 amide bonds. The van der Waals surface area contributed by atoms with Gasteiger partial charge in [0.1, 0.15) is 0 Å². The van der Waals surface area contributed by atoms with Crippen molar-refractivity contribution in [3.05, 3.63) is 54.1 Å². The van der Waals surface area contributed by atoms with Gasteiger partial charge in [-0.1, -0.05) is 64.3 Å². The molecule has 15 heavy (non-hydrogen) atoms. The van der Waals surface area contributed by atoms with Crippen molar-refractivity contribution in [1.29, 1.82) is 0 Å². The molecule has 1 aromatic carbocycles. The van der Waals surface area contributed by atoms with E-state index in [1.54, 1.807) is 0 Å². The summed E-state index contributed by atoms with van der Waals surface area (Å²) in [4.78, 5) is 0. The number of hydrogen-bond donors (Lipinski definition) is 0. The summed E-state index contributed by atoms with van der Waals surface area (Å²) in [5, 5.41) is 0. The highest BCUT2D eigenvalue weighted by atomic mass is 14.1. The first-order valence-electron chi connectivity index (χ1n) is 5.03. The Morgan fingerprint density at radius 2 is 1.53 bits per heavy atom. The zero-order valence-corrected chi connectivity index (χ0v) is 9.72. The largest absolute Gasteiger partial charge is 0.0955 e. The van der Waals surface area contributed by atoms with Crippen molar-refractivity contribution < 1.29 is 0 Å². The maximum absolute atomic E-state index is 3.99. The number of allylic oxidation sites excluding steroid dienone is 2. The molecule has 0 saturated carbocycles. The lowest BCUT2D eigenvalue weighted by Gasteiger charge is -2.07. The summed E-state index contributed by atoms with van der Waals surface area (Å²) in [7, 11) is 0. The minimum Gasteiger partial charge on any atom is -0.0955 e. The lowest BCUT2D eigenvalue weighted by atomic mass is 9.98. The zero-order valence-electron chi connectivity index (χ0n) is 9.72. The van der Waals surface area contributed by atoms with Crippen molar-refractivity contribution in [2.24, 2.45) is 0 Å². The molecule has 1 aromatic rings. The molecular weight excluding hydrogens is 180 g/mol. The molecule has 0 bridgehead atoms. The second-order valence-electron chi connectivity index (χ2n) is 3.07. The molecular formula is C15H24. The van der Waals surface area contributed by atoms with E-state index in [0.717, 1.165) is 11.1 Å². The lowest BCUT2D eigenvalue weighted by Crippen LogP contribution is -1.87. The predicted octanol–water partition coefficient (Wildman–Crippen LogP) is 5.25. The molecule has 1 rings (SSSR count). The van der Waals surface area contributed by atoms with Gasteiger partial charge in [-0.2, -0.15) is 0 Å². The van der Waals surface area contributed by atoms with Gasteiger partial charge in [0.25, 0.3) is 0 Å². The Balaban J connectivity index is 0. The highest BCUT2D eigenvalue weighted by molar-refractivity contribution is 5.77. The Morgan fingerprint density at radius 3 is 1.93 bits per heavy atom. The fourth-order valence-electron chi connectivity index (χ4n) is 1.14. The molecule has 0 atom stereocenters. The van der Waals surface area contributed by atoms with Crippen molar-refractivity contribution in [2.75, 3.05) is 0 Å². The molecule has 0 unspecified atom stereocenters. The van der Waals surface area contributed by atoms with Crippen LogP contribution in [0.2, 0.25) is 0 Å². The van der Waals surface area contributed by atoms with Gasteiger partial charge in [-0.15, -0.1) is 0 Å². The third-order valence-corrected chi connectivity index (χ3v) is 1.99. The SMILES string of the molecule is C.C=C(C)C(=C)c1ccccc1C.CC. The van der Waals surface area contributed by atoms with Crippen LogP contribution in [0.15, 0.2) is 43.0 Å². The van der Waals surface area contributed by atoms with Crippen molar-refractivity contribution in [3.8, 4) is 0 Å². The average molecular weight is 204 g/mol. The first-order valence-corrected chi connectivity index (χ1v) is 5.03. The van der Waals surface area contributed by atoms with Gasteiger partial charge in [-0.3, -0.25) is 0 Å². The van der Waals surface area contributed by atoms with Gasteiger partial charge in [0.2, 0.25) is 0 Å². The van der Waals surface area contributed by atoms with E-state index in [1.807, 2.05) is 32.9 Å². The Kier molecular flexibility index (Phi) is 8.66. The van der Waals surface area contributed by atoms with Crippen LogP contribution in [0.3, 0.4) is 0 Å². The molecule has 0 saturated heterocycles. The standard InChI is InChI=1S/C12H14.C2H6.CH4/c1-9(2)11(4)12-8-6-5-7-10(12)3;1-2;/h5-8H,1,4H2,2-3H3;1-2H3;1H4. The molecule has 0 nitrogen and oxygen atoms in total. The first-order chi connectivity index (χ1) is 6.63. The third-order valence-electron chi connectivity index (χ3n) is 1.99. The predicted molar refractivity (Wildman–Crippen MR) is 73.1 cm³/mol. The monoisotopic (exact) mass is 204 g/mol. The zero-order chi connectivity index (χ0) is 11.1. The summed E-state index contributed by atoms with van der Waals surface area (Å²) in [5.41, 5.74) is 4.52. The fourth-order valence-corrected chi connectivity index (χ4v) is 1.14. The van der Waals surface area contributed by atoms with Crippen LogP contribution < -0.4 is 0 Å². The van der Waals surface area contributed by atoms with E-state index in [9.17, 15) is 0 Å². The summed E-state index contributed by atoms with van der Waals surface area (Å²) < 4.78 is 0. The summed E-state index contributed by atoms with van der Waals surface area (Å²) >= 11 is 0. The number of hydrogen-bond acceptors (Lipinski definition) is 0. The highest BCUT2D eigenvalue weighted by Crippen LogP contribution is 2.21. The van der Waals surface area contributed by atoms with Crippen molar-refractivity contribution >= 4 is 5.57 Å². The Labute approximate surface area is 95.3 Å². The molecule has 0 aliphatic rings. The maximum atomic E-state index is 3.99. The first kappa shape index (κ1) is 16.1. The topological polar surface area (TPSA) is 0 Å². The van der Waals surface area contributed by atoms with E-state index in [-0.39, 0.29) is 7.43 Å². The van der Waals surface area contributed by atoms with Gasteiger partial charge >= 0.3 is 0 Å². The smallest absolute Gasteiger partial charge is 0.0158 e. The maximum Gasteiger partial charge on any atom is -0.0158 e. The number of benzene rings is 1. The van der Waals surface area contributed by atoms with Crippen LogP contribution in [0.4, 0.5) is 0 Å². The quantitative estimate of drug-likeness (QED) is 0.577. The van der Waals surface area contributed by atoms with Crippen LogP contribution in [0, 0.1) is 6.92 Å². The minimum absolute atomic E-state index is 0. The third kappa shape index (κ3) is 4.64. The van der Waals surface area contributed by atoms with E-state index in [4.69, 9.17) is 0 Å². The van der Waals surface area contributed by atoms with Crippen LogP contribution in [0.1, 0.15) is 39.3 Å². The van der Waals surface area contributed by atoms with Crippen LogP contribution in [-0.4, -0.2) is 0 Å². The van der Waals surface area contributed by atoms with Gasteiger partial charge in [0.05, 0.1) is 0 Å². The molecule has 0 radical (unpaired) electrons. The van der Waals surface area contributed by atoms with Crippen molar-refractivity contribution in [2.45, 2.75) is 35.1 Å². The molecule has 0 aromatic heterocycles. The van der Waals surface area contributed by atoms with E-state index in [1.165, 1.54) is 11.1 Å². The molecule has 0 heteroatoms. The molecule has 0 aliphatic carbocycles. The van der Waals surface area contributed by atoms with Gasteiger partial charge < -0.3 is 0 Å². The number of aryl methyl sites for hydroxylation is 1. The number of rotatable bonds is 2. The van der Waals surface area contributed by atoms with Crippen LogP contribution in [0.5, 0.6) is 0 Å². The second-order valence-corrected chi connectivity index (χ2v) is 3.07. The fraction of sp³-hybridized carbons (Fsp3) is 0.333. The summed E-state index contributed by atoms with van der Waals surface area (Å²) in [6.45, 7) is 15.9. The highest BCUT2D eigenvalue weighted by Gasteiger charge is 2.00. The molecule has 0 aliphatic heterocycles. The summed E-state index contributed by atoms with van der Waals surface area (Å²) in [6.07, 6.45) is 0. The van der Waals surface area contributed by atoms with Gasteiger partial charge in [0.15, 0.2) is 0 Å². The van der Waals surface area contributed by atoms with Gasteiger partial charge in [-0.05, 0) is 30.5 Å². The molecule has 84 valence electrons. The van der Waals surface area contributed by atoms with E-state index in [0.29, 0.717) is 0 Å². The Morgan fingerprint density at radius 1 is 1.07 bits per heavy atom. The van der Waals surface area contributed by atoms with Crippen LogP contribution in [0.25, 0.3) is 5.57 Å². The molecule has 0 heterocycles. The van der Waals surface area contributed by atoms with Gasteiger partial charge in [-0.25, -0.2) is 0 Å². The Hall–Kier alpha value is -1.30. The molecule has 0 fully saturated rings.